The van der Waals surface area contributed by atoms with Crippen molar-refractivity contribution in [1.82, 2.24) is 29.7 Å². The molecule has 0 radical (unpaired) electrons. The molecule has 13 heteroatoms. The predicted octanol–water partition coefficient (Wildman–Crippen LogP) is 3.18. The molecule has 4 N–H and O–H groups in total. The van der Waals surface area contributed by atoms with Crippen LogP contribution >= 0.6 is 0 Å². The first-order chi connectivity index (χ1) is 19.9. The minimum atomic E-state index is -0.828. The number of nitrogens with two attached hydrogens (primary N) is 1. The van der Waals surface area contributed by atoms with Crippen LogP contribution in [0, 0.1) is 0 Å². The molecule has 5 rings (SSSR count). The molecular formula is C29H40N8O5. The van der Waals surface area contributed by atoms with E-state index in [2.05, 4.69) is 46.4 Å². The molecule has 2 aliphatic rings. The molecule has 226 valence electrons. The molecule has 2 saturated heterocycles. The Morgan fingerprint density at radius 3 is 2.50 bits per heavy atom. The van der Waals surface area contributed by atoms with Crippen LogP contribution in [0.4, 0.5) is 16.3 Å². The number of hydrogen-bond acceptors (Lipinski definition) is 9. The first-order valence-electron chi connectivity index (χ1n) is 14.2. The first-order valence-corrected chi connectivity index (χ1v) is 14.2. The van der Waals surface area contributed by atoms with Gasteiger partial charge in [0.2, 0.25) is 5.91 Å². The fourth-order valence-corrected chi connectivity index (χ4v) is 5.38. The number of carbonyl (C=O) groups excluding carboxylic acids is 2. The molecule has 13 nitrogen and oxygen atoms in total. The Kier molecular flexibility index (Phi) is 8.10. The monoisotopic (exact) mass is 580 g/mol. The van der Waals surface area contributed by atoms with E-state index < -0.39 is 30.3 Å². The molecule has 4 atom stereocenters. The van der Waals surface area contributed by atoms with Gasteiger partial charge in [0.15, 0.2) is 23.5 Å². The Labute approximate surface area is 245 Å². The van der Waals surface area contributed by atoms with Gasteiger partial charge in [-0.05, 0) is 43.9 Å². The first kappa shape index (κ1) is 29.7. The van der Waals surface area contributed by atoms with Gasteiger partial charge in [0.25, 0.3) is 0 Å². The molecule has 0 saturated carbocycles. The van der Waals surface area contributed by atoms with Crippen molar-refractivity contribution in [2.24, 2.45) is 0 Å². The lowest BCUT2D eigenvalue weighted by Crippen LogP contribution is -2.43. The number of likely N-dealkylation sites (N-methyl/N-ethyl adjacent to an activating group) is 1. The number of aromatic nitrogens is 4. The van der Waals surface area contributed by atoms with Gasteiger partial charge >= 0.3 is 6.03 Å². The quantitative estimate of drug-likeness (QED) is 0.364. The van der Waals surface area contributed by atoms with E-state index in [1.165, 1.54) is 11.9 Å². The van der Waals surface area contributed by atoms with E-state index >= 15 is 0 Å². The molecule has 4 heterocycles. The number of nitrogens with one attached hydrogen (secondary N) is 2. The van der Waals surface area contributed by atoms with Gasteiger partial charge in [-0.1, -0.05) is 32.9 Å². The number of nitrogen functional groups attached to an aromatic ring is 1. The lowest BCUT2D eigenvalue weighted by Gasteiger charge is -2.28. The van der Waals surface area contributed by atoms with E-state index in [0.29, 0.717) is 29.9 Å². The fraction of sp³-hybridized carbons (Fsp3) is 0.552. The van der Waals surface area contributed by atoms with E-state index in [1.807, 2.05) is 45.0 Å². The van der Waals surface area contributed by atoms with Crippen LogP contribution in [0.15, 0.2) is 36.9 Å². The largest absolute Gasteiger partial charge is 0.382 e. The maximum atomic E-state index is 13.2. The van der Waals surface area contributed by atoms with Gasteiger partial charge in [-0.15, -0.1) is 0 Å². The van der Waals surface area contributed by atoms with Crippen LogP contribution in [-0.2, 0) is 24.4 Å². The van der Waals surface area contributed by atoms with Gasteiger partial charge in [-0.2, -0.15) is 0 Å². The summed E-state index contributed by atoms with van der Waals surface area (Å²) >= 11 is 0. The molecule has 0 unspecified atom stereocenters. The third-order valence-electron chi connectivity index (χ3n) is 7.55. The summed E-state index contributed by atoms with van der Waals surface area (Å²) in [6.45, 7) is 13.0. The highest BCUT2D eigenvalue weighted by Gasteiger charge is 2.56. The number of rotatable bonds is 8. The molecule has 2 aromatic heterocycles. The normalized spacial score (nSPS) is 23.1. The maximum Gasteiger partial charge on any atom is 0.319 e. The van der Waals surface area contributed by atoms with Crippen LogP contribution < -0.4 is 16.4 Å². The van der Waals surface area contributed by atoms with Crippen molar-refractivity contribution in [3.63, 3.8) is 0 Å². The van der Waals surface area contributed by atoms with Crippen molar-refractivity contribution in [2.45, 2.75) is 83.7 Å². The van der Waals surface area contributed by atoms with Crippen LogP contribution in [0.2, 0.25) is 0 Å². The number of ether oxygens (including phenoxy) is 3. The number of hydrogen-bond donors (Lipinski definition) is 3. The van der Waals surface area contributed by atoms with Gasteiger partial charge in [0, 0.05) is 31.7 Å². The zero-order valence-corrected chi connectivity index (χ0v) is 25.0. The Bertz CT molecular complexity index is 1430. The predicted molar refractivity (Wildman–Crippen MR) is 157 cm³/mol. The molecule has 2 aliphatic heterocycles. The molecule has 42 heavy (non-hydrogen) atoms. The summed E-state index contributed by atoms with van der Waals surface area (Å²) in [6, 6.07) is 7.37. The summed E-state index contributed by atoms with van der Waals surface area (Å²) in [4.78, 5) is 40.0. The van der Waals surface area contributed by atoms with E-state index in [9.17, 15) is 9.59 Å². The molecule has 2 fully saturated rings. The third kappa shape index (κ3) is 6.18. The highest BCUT2D eigenvalue weighted by atomic mass is 16.8. The highest BCUT2D eigenvalue weighted by molar-refractivity contribution is 5.89. The number of anilines is 2. The van der Waals surface area contributed by atoms with Crippen LogP contribution in [-0.4, -0.2) is 80.1 Å². The Morgan fingerprint density at radius 1 is 1.10 bits per heavy atom. The third-order valence-corrected chi connectivity index (χ3v) is 7.55. The molecule has 1 aromatic carbocycles. The van der Waals surface area contributed by atoms with Gasteiger partial charge in [-0.25, -0.2) is 19.7 Å². The Morgan fingerprint density at radius 2 is 1.81 bits per heavy atom. The number of carbonyl (C=O) groups is 2. The zero-order valence-electron chi connectivity index (χ0n) is 25.0. The summed E-state index contributed by atoms with van der Waals surface area (Å²) in [7, 11) is 0. The summed E-state index contributed by atoms with van der Waals surface area (Å²) < 4.78 is 20.7. The number of amides is 3. The zero-order chi connectivity index (χ0) is 30.2. The number of nitrogens with zero attached hydrogens (tertiary/aromatic N) is 5. The van der Waals surface area contributed by atoms with Crippen LogP contribution in [0.3, 0.4) is 0 Å². The van der Waals surface area contributed by atoms with Crippen molar-refractivity contribution >= 4 is 34.6 Å². The fourth-order valence-electron chi connectivity index (χ4n) is 5.38. The molecule has 0 bridgehead atoms. The molecule has 3 amide bonds. The maximum absolute atomic E-state index is 13.2. The SMILES string of the molecule is CCN(C[C@H]1O[C@@H](n2cnc3c(N)ncnc32)[C@@H]2OC(C)(C)O[C@@H]21)C(=O)CCNC(=O)Nc1ccc(C(C)(C)C)cc1. The lowest BCUT2D eigenvalue weighted by molar-refractivity contribution is -0.198. The van der Waals surface area contributed by atoms with E-state index in [4.69, 9.17) is 19.9 Å². The second kappa shape index (κ2) is 11.5. The average molecular weight is 581 g/mol. The van der Waals surface area contributed by atoms with Crippen LogP contribution in [0.5, 0.6) is 0 Å². The van der Waals surface area contributed by atoms with Crippen molar-refractivity contribution < 1.29 is 23.8 Å². The summed E-state index contributed by atoms with van der Waals surface area (Å²) in [5, 5.41) is 5.58. The van der Waals surface area contributed by atoms with Crippen molar-refractivity contribution in [3.05, 3.63) is 42.5 Å². The van der Waals surface area contributed by atoms with Gasteiger partial charge < -0.3 is 35.5 Å². The number of benzene rings is 1. The molecular weight excluding hydrogens is 540 g/mol. The van der Waals surface area contributed by atoms with Crippen molar-refractivity contribution in [3.8, 4) is 0 Å². The summed E-state index contributed by atoms with van der Waals surface area (Å²) in [5.74, 6) is -0.661. The summed E-state index contributed by atoms with van der Waals surface area (Å²) in [5.41, 5.74) is 8.88. The number of fused-ring (bicyclic) bond motifs is 2. The molecule has 0 spiro atoms. The van der Waals surface area contributed by atoms with Crippen molar-refractivity contribution in [1.29, 1.82) is 0 Å². The van der Waals surface area contributed by atoms with E-state index in [1.54, 1.807) is 15.8 Å². The summed E-state index contributed by atoms with van der Waals surface area (Å²) in [6.07, 6.45) is 1.20. The highest BCUT2D eigenvalue weighted by Crippen LogP contribution is 2.44. The second-order valence-corrected chi connectivity index (χ2v) is 12.1. The molecule has 0 aliphatic carbocycles. The van der Waals surface area contributed by atoms with E-state index in [-0.39, 0.29) is 36.1 Å². The standard InChI is InChI=1S/C29H40N8O5/c1-7-36(20(38)12-13-31-27(39)35-18-10-8-17(9-11-18)28(2,3)4)14-19-22-23(42-29(5,6)41-22)26(40-19)37-16-34-21-24(30)32-15-33-25(21)37/h8-11,15-16,19,22-23,26H,7,12-14H2,1-6H3,(H2,30,32,33)(H2,31,35,39)/t19-,22-,23-,26-/m1/s1. The smallest absolute Gasteiger partial charge is 0.319 e. The van der Waals surface area contributed by atoms with Gasteiger partial charge in [-0.3, -0.25) is 9.36 Å². The van der Waals surface area contributed by atoms with Crippen LogP contribution in [0.25, 0.3) is 11.2 Å². The Balaban J connectivity index is 1.18. The van der Waals surface area contributed by atoms with Crippen LogP contribution in [0.1, 0.15) is 59.8 Å². The topological polar surface area (TPSA) is 159 Å². The van der Waals surface area contributed by atoms with E-state index in [0.717, 1.165) is 0 Å². The lowest BCUT2D eigenvalue weighted by atomic mass is 9.87. The minimum Gasteiger partial charge on any atom is -0.382 e. The Hall–Kier alpha value is -3.81. The second-order valence-electron chi connectivity index (χ2n) is 12.1. The molecule has 3 aromatic rings. The number of urea groups is 1. The minimum absolute atomic E-state index is 0.0299. The number of imidazole rings is 1. The van der Waals surface area contributed by atoms with Gasteiger partial charge in [0.05, 0.1) is 6.33 Å². The average Bonchev–Trinajstić information content (AvgIpc) is 3.58. The van der Waals surface area contributed by atoms with Gasteiger partial charge in [0.1, 0.15) is 30.2 Å². The van der Waals surface area contributed by atoms with Crippen molar-refractivity contribution in [2.75, 3.05) is 30.7 Å².